The summed E-state index contributed by atoms with van der Waals surface area (Å²) in [5, 5.41) is 7.98. The van der Waals surface area contributed by atoms with Gasteiger partial charge in [0, 0.05) is 12.6 Å². The summed E-state index contributed by atoms with van der Waals surface area (Å²) in [4.78, 5) is 14.7. The first-order valence-corrected chi connectivity index (χ1v) is 7.69. The lowest BCUT2D eigenvalue weighted by molar-refractivity contribution is 0.0712. The Hall–Kier alpha value is -2.11. The molecule has 0 bridgehead atoms. The van der Waals surface area contributed by atoms with Gasteiger partial charge >= 0.3 is 0 Å². The number of hydrogen-bond acceptors (Lipinski definition) is 5. The van der Waals surface area contributed by atoms with Crippen LogP contribution in [-0.2, 0) is 0 Å². The molecule has 2 aromatic heterocycles. The first kappa shape index (κ1) is 14.8. The fourth-order valence-corrected chi connectivity index (χ4v) is 2.97. The quantitative estimate of drug-likeness (QED) is 0.869. The summed E-state index contributed by atoms with van der Waals surface area (Å²) in [6, 6.07) is 1.91. The van der Waals surface area contributed by atoms with E-state index in [9.17, 15) is 4.79 Å². The van der Waals surface area contributed by atoms with Crippen LogP contribution in [0.4, 0.5) is 0 Å². The highest BCUT2D eigenvalue weighted by Gasteiger charge is 2.35. The molecule has 1 amide bonds. The molecule has 1 aliphatic rings. The molecule has 0 N–H and O–H groups in total. The van der Waals surface area contributed by atoms with Gasteiger partial charge in [-0.2, -0.15) is 0 Å². The molecular weight excluding hydrogens is 282 g/mol. The second-order valence-electron chi connectivity index (χ2n) is 6.16. The van der Waals surface area contributed by atoms with Gasteiger partial charge in [-0.1, -0.05) is 24.2 Å². The van der Waals surface area contributed by atoms with E-state index in [0.29, 0.717) is 29.5 Å². The van der Waals surface area contributed by atoms with Gasteiger partial charge in [0.15, 0.2) is 5.76 Å². The zero-order valence-electron chi connectivity index (χ0n) is 13.4. The summed E-state index contributed by atoms with van der Waals surface area (Å²) < 4.78 is 10.6. The summed E-state index contributed by atoms with van der Waals surface area (Å²) in [5.74, 6) is 1.60. The predicted octanol–water partition coefficient (Wildman–Crippen LogP) is 3.38. The Bertz CT molecular complexity index is 667. The number of aromatic nitrogens is 2. The minimum Gasteiger partial charge on any atom is -0.361 e. The van der Waals surface area contributed by atoms with E-state index in [1.54, 1.807) is 13.8 Å². The third-order valence-electron chi connectivity index (χ3n) is 4.23. The molecule has 0 aliphatic carbocycles. The van der Waals surface area contributed by atoms with Crippen LogP contribution in [0.5, 0.6) is 0 Å². The summed E-state index contributed by atoms with van der Waals surface area (Å²) in [5.41, 5.74) is 2.12. The van der Waals surface area contributed by atoms with Crippen LogP contribution in [-0.4, -0.2) is 27.7 Å². The van der Waals surface area contributed by atoms with Gasteiger partial charge in [-0.3, -0.25) is 4.79 Å². The largest absolute Gasteiger partial charge is 0.361 e. The molecule has 1 aliphatic heterocycles. The van der Waals surface area contributed by atoms with E-state index in [2.05, 4.69) is 24.2 Å². The first-order chi connectivity index (χ1) is 10.5. The zero-order valence-corrected chi connectivity index (χ0v) is 13.4. The molecule has 3 heterocycles. The van der Waals surface area contributed by atoms with Gasteiger partial charge in [-0.25, -0.2) is 0 Å². The Kier molecular flexibility index (Phi) is 3.76. The Morgan fingerprint density at radius 3 is 2.68 bits per heavy atom. The molecule has 6 heteroatoms. The smallest absolute Gasteiger partial charge is 0.259 e. The van der Waals surface area contributed by atoms with E-state index in [1.807, 2.05) is 11.0 Å². The number of aryl methyl sites for hydroxylation is 2. The van der Waals surface area contributed by atoms with E-state index < -0.39 is 0 Å². The molecule has 0 aromatic carbocycles. The monoisotopic (exact) mass is 303 g/mol. The van der Waals surface area contributed by atoms with Gasteiger partial charge in [0.25, 0.3) is 5.91 Å². The average Bonchev–Trinajstić information content (AvgIpc) is 3.17. The summed E-state index contributed by atoms with van der Waals surface area (Å²) in [6.07, 6.45) is 1.85. The highest BCUT2D eigenvalue weighted by atomic mass is 16.5. The van der Waals surface area contributed by atoms with Crippen molar-refractivity contribution >= 4 is 5.91 Å². The number of likely N-dealkylation sites (tertiary alicyclic amines) is 1. The molecule has 2 aromatic rings. The molecule has 0 saturated carbocycles. The fourth-order valence-electron chi connectivity index (χ4n) is 2.97. The Labute approximate surface area is 129 Å². The van der Waals surface area contributed by atoms with E-state index >= 15 is 0 Å². The first-order valence-electron chi connectivity index (χ1n) is 7.69. The maximum absolute atomic E-state index is 12.8. The van der Waals surface area contributed by atoms with E-state index in [4.69, 9.17) is 9.05 Å². The van der Waals surface area contributed by atoms with Crippen LogP contribution in [0.2, 0.25) is 0 Å². The summed E-state index contributed by atoms with van der Waals surface area (Å²) in [7, 11) is 0. The van der Waals surface area contributed by atoms with Crippen molar-refractivity contribution in [2.75, 3.05) is 6.54 Å². The van der Waals surface area contributed by atoms with Crippen molar-refractivity contribution in [2.24, 2.45) is 0 Å². The van der Waals surface area contributed by atoms with Crippen LogP contribution in [0.15, 0.2) is 15.1 Å². The Morgan fingerprint density at radius 2 is 2.09 bits per heavy atom. The van der Waals surface area contributed by atoms with Crippen molar-refractivity contribution < 1.29 is 13.8 Å². The van der Waals surface area contributed by atoms with Crippen LogP contribution in [0.1, 0.15) is 71.9 Å². The van der Waals surface area contributed by atoms with Gasteiger partial charge in [0.2, 0.25) is 0 Å². The van der Waals surface area contributed by atoms with Gasteiger partial charge in [0.05, 0.1) is 17.4 Å². The van der Waals surface area contributed by atoms with Gasteiger partial charge < -0.3 is 13.9 Å². The van der Waals surface area contributed by atoms with Gasteiger partial charge in [-0.05, 0) is 32.6 Å². The minimum absolute atomic E-state index is 0.0405. The average molecular weight is 303 g/mol. The van der Waals surface area contributed by atoms with Crippen LogP contribution in [0.3, 0.4) is 0 Å². The second-order valence-corrected chi connectivity index (χ2v) is 6.16. The van der Waals surface area contributed by atoms with Crippen molar-refractivity contribution in [3.05, 3.63) is 34.5 Å². The van der Waals surface area contributed by atoms with Crippen LogP contribution in [0.25, 0.3) is 0 Å². The third kappa shape index (κ3) is 2.42. The lowest BCUT2D eigenvalue weighted by Gasteiger charge is -2.22. The molecule has 118 valence electrons. The molecular formula is C16H21N3O3. The van der Waals surface area contributed by atoms with Crippen LogP contribution >= 0.6 is 0 Å². The zero-order chi connectivity index (χ0) is 15.9. The summed E-state index contributed by atoms with van der Waals surface area (Å²) >= 11 is 0. The van der Waals surface area contributed by atoms with E-state index in [-0.39, 0.29) is 11.9 Å². The lowest BCUT2D eigenvalue weighted by Crippen LogP contribution is -2.31. The molecule has 3 rings (SSSR count). The lowest BCUT2D eigenvalue weighted by atomic mass is 10.1. The van der Waals surface area contributed by atoms with Crippen molar-refractivity contribution in [2.45, 2.75) is 52.5 Å². The number of carbonyl (C=O) groups is 1. The van der Waals surface area contributed by atoms with Crippen LogP contribution < -0.4 is 0 Å². The Morgan fingerprint density at radius 1 is 1.32 bits per heavy atom. The third-order valence-corrected chi connectivity index (χ3v) is 4.23. The number of carbonyl (C=O) groups excluding carboxylic acids is 1. The topological polar surface area (TPSA) is 72.4 Å². The highest BCUT2D eigenvalue weighted by Crippen LogP contribution is 2.35. The highest BCUT2D eigenvalue weighted by molar-refractivity contribution is 5.96. The van der Waals surface area contributed by atoms with Crippen molar-refractivity contribution in [1.29, 1.82) is 0 Å². The minimum atomic E-state index is -0.0544. The molecule has 1 atom stereocenters. The molecule has 6 nitrogen and oxygen atoms in total. The number of hydrogen-bond donors (Lipinski definition) is 0. The molecule has 22 heavy (non-hydrogen) atoms. The van der Waals surface area contributed by atoms with Crippen molar-refractivity contribution in [3.8, 4) is 0 Å². The summed E-state index contributed by atoms with van der Waals surface area (Å²) in [6.45, 7) is 8.42. The normalized spacial score (nSPS) is 18.4. The van der Waals surface area contributed by atoms with E-state index in [1.165, 1.54) is 0 Å². The van der Waals surface area contributed by atoms with Gasteiger partial charge in [0.1, 0.15) is 11.3 Å². The van der Waals surface area contributed by atoms with Gasteiger partial charge in [-0.15, -0.1) is 0 Å². The maximum atomic E-state index is 12.8. The number of amides is 1. The SMILES string of the molecule is Cc1noc(C)c1C(=O)N1CCCC1c1cc(C(C)C)no1. The molecule has 0 radical (unpaired) electrons. The molecule has 1 unspecified atom stereocenters. The maximum Gasteiger partial charge on any atom is 0.259 e. The van der Waals surface area contributed by atoms with Crippen molar-refractivity contribution in [1.82, 2.24) is 15.2 Å². The fraction of sp³-hybridized carbons (Fsp3) is 0.562. The standard InChI is InChI=1S/C16H21N3O3/c1-9(2)12-8-14(22-18-12)13-6-5-7-19(13)16(20)15-10(3)17-21-11(15)4/h8-9,13H,5-7H2,1-4H3. The molecule has 0 spiro atoms. The predicted molar refractivity (Wildman–Crippen MR) is 79.6 cm³/mol. The Balaban J connectivity index is 1.88. The number of nitrogens with zero attached hydrogens (tertiary/aromatic N) is 3. The van der Waals surface area contributed by atoms with E-state index in [0.717, 1.165) is 24.3 Å². The molecule has 1 fully saturated rings. The number of rotatable bonds is 3. The second kappa shape index (κ2) is 5.59. The molecule has 1 saturated heterocycles. The van der Waals surface area contributed by atoms with Crippen molar-refractivity contribution in [3.63, 3.8) is 0 Å². The van der Waals surface area contributed by atoms with Crippen LogP contribution in [0, 0.1) is 13.8 Å².